The van der Waals surface area contributed by atoms with Gasteiger partial charge in [-0.25, -0.2) is 4.39 Å². The van der Waals surface area contributed by atoms with Gasteiger partial charge in [0.1, 0.15) is 11.9 Å². The van der Waals surface area contributed by atoms with Crippen LogP contribution < -0.4 is 5.32 Å². The van der Waals surface area contributed by atoms with Crippen molar-refractivity contribution in [2.45, 2.75) is 11.4 Å². The van der Waals surface area contributed by atoms with E-state index in [2.05, 4.69) is 5.32 Å². The molecule has 0 spiro atoms. The van der Waals surface area contributed by atoms with Gasteiger partial charge < -0.3 is 5.11 Å². The lowest BCUT2D eigenvalue weighted by Crippen LogP contribution is -2.33. The minimum absolute atomic E-state index is 0.123. The Morgan fingerprint density at radius 2 is 2.40 bits per heavy atom. The van der Waals surface area contributed by atoms with Crippen molar-refractivity contribution in [2.75, 3.05) is 5.75 Å². The van der Waals surface area contributed by atoms with E-state index in [1.807, 2.05) is 0 Å². The average Bonchev–Trinajstić information content (AvgIpc) is 2.66. The predicted molar refractivity (Wildman–Crippen MR) is 56.2 cm³/mol. The summed E-state index contributed by atoms with van der Waals surface area (Å²) < 4.78 is 12.9. The van der Waals surface area contributed by atoms with Gasteiger partial charge in [0.15, 0.2) is 0 Å². The van der Waals surface area contributed by atoms with Crippen LogP contribution in [0.2, 0.25) is 0 Å². The number of nitrogens with one attached hydrogen (secondary N) is 1. The second-order valence-corrected chi connectivity index (χ2v) is 4.46. The Morgan fingerprint density at radius 1 is 1.60 bits per heavy atom. The molecule has 1 saturated heterocycles. The van der Waals surface area contributed by atoms with Crippen LogP contribution >= 0.6 is 11.8 Å². The fourth-order valence-electron chi connectivity index (χ4n) is 1.48. The standard InChI is InChI=1S/C10H10FNO2S/c11-7-3-1-2-6(4-7)9-12-8(5-15-9)10(13)14/h1-4,8-9,12H,5H2,(H,13,14)/t8-,9+/m1/s1. The fraction of sp³-hybridized carbons (Fsp3) is 0.300. The smallest absolute Gasteiger partial charge is 0.321 e. The summed E-state index contributed by atoms with van der Waals surface area (Å²) in [4.78, 5) is 10.7. The molecule has 0 amide bonds. The van der Waals surface area contributed by atoms with Gasteiger partial charge >= 0.3 is 5.97 Å². The number of thioether (sulfide) groups is 1. The Kier molecular flexibility index (Phi) is 2.93. The first-order valence-electron chi connectivity index (χ1n) is 4.53. The molecule has 1 heterocycles. The van der Waals surface area contributed by atoms with Gasteiger partial charge in [0, 0.05) is 5.75 Å². The van der Waals surface area contributed by atoms with E-state index in [0.29, 0.717) is 5.75 Å². The monoisotopic (exact) mass is 227 g/mol. The van der Waals surface area contributed by atoms with Gasteiger partial charge in [-0.1, -0.05) is 12.1 Å². The van der Waals surface area contributed by atoms with Gasteiger partial charge in [0.05, 0.1) is 5.37 Å². The molecular weight excluding hydrogens is 217 g/mol. The number of halogens is 1. The summed E-state index contributed by atoms with van der Waals surface area (Å²) in [5.41, 5.74) is 0.781. The van der Waals surface area contributed by atoms with Crippen LogP contribution in [0, 0.1) is 5.82 Å². The number of carbonyl (C=O) groups is 1. The Balaban J connectivity index is 2.11. The molecule has 0 radical (unpaired) electrons. The maximum absolute atomic E-state index is 12.9. The molecule has 80 valence electrons. The topological polar surface area (TPSA) is 49.3 Å². The Labute approximate surface area is 90.7 Å². The van der Waals surface area contributed by atoms with E-state index in [1.165, 1.54) is 23.9 Å². The highest BCUT2D eigenvalue weighted by Crippen LogP contribution is 2.32. The van der Waals surface area contributed by atoms with Crippen molar-refractivity contribution in [1.82, 2.24) is 5.32 Å². The number of rotatable bonds is 2. The molecule has 0 bridgehead atoms. The van der Waals surface area contributed by atoms with Crippen molar-refractivity contribution in [3.05, 3.63) is 35.6 Å². The molecule has 1 aromatic rings. The molecule has 1 aliphatic heterocycles. The van der Waals surface area contributed by atoms with Crippen LogP contribution in [-0.4, -0.2) is 22.9 Å². The van der Waals surface area contributed by atoms with Gasteiger partial charge in [0.2, 0.25) is 0 Å². The van der Waals surface area contributed by atoms with Crippen LogP contribution in [-0.2, 0) is 4.79 Å². The maximum atomic E-state index is 12.9. The first kappa shape index (κ1) is 10.4. The summed E-state index contributed by atoms with van der Waals surface area (Å²) in [5, 5.41) is 11.6. The Hall–Kier alpha value is -1.07. The van der Waals surface area contributed by atoms with Crippen molar-refractivity contribution in [2.24, 2.45) is 0 Å². The highest BCUT2D eigenvalue weighted by atomic mass is 32.2. The Morgan fingerprint density at radius 3 is 3.00 bits per heavy atom. The number of carboxylic acid groups (broad SMARTS) is 1. The summed E-state index contributed by atoms with van der Waals surface area (Å²) in [6, 6.07) is 5.68. The molecule has 2 rings (SSSR count). The number of aliphatic carboxylic acids is 1. The highest BCUT2D eigenvalue weighted by molar-refractivity contribution is 7.99. The van der Waals surface area contributed by atoms with Crippen LogP contribution in [0.1, 0.15) is 10.9 Å². The molecule has 15 heavy (non-hydrogen) atoms. The zero-order valence-electron chi connectivity index (χ0n) is 7.81. The number of benzene rings is 1. The largest absolute Gasteiger partial charge is 0.480 e. The van der Waals surface area contributed by atoms with E-state index in [0.717, 1.165) is 5.56 Å². The third-order valence-corrected chi connectivity index (χ3v) is 3.50. The van der Waals surface area contributed by atoms with Gasteiger partial charge in [-0.2, -0.15) is 0 Å². The summed E-state index contributed by atoms with van der Waals surface area (Å²) in [7, 11) is 0. The summed E-state index contributed by atoms with van der Waals surface area (Å²) >= 11 is 1.48. The normalized spacial score (nSPS) is 25.4. The lowest BCUT2D eigenvalue weighted by molar-refractivity contribution is -0.138. The average molecular weight is 227 g/mol. The maximum Gasteiger partial charge on any atom is 0.321 e. The fourth-order valence-corrected chi connectivity index (χ4v) is 2.70. The quantitative estimate of drug-likeness (QED) is 0.806. The molecule has 2 N–H and O–H groups in total. The zero-order valence-corrected chi connectivity index (χ0v) is 8.63. The summed E-state index contributed by atoms with van der Waals surface area (Å²) in [6.45, 7) is 0. The van der Waals surface area contributed by atoms with Gasteiger partial charge in [-0.3, -0.25) is 10.1 Å². The molecule has 1 aliphatic rings. The third kappa shape index (κ3) is 2.30. The van der Waals surface area contributed by atoms with Crippen LogP contribution in [0.15, 0.2) is 24.3 Å². The second-order valence-electron chi connectivity index (χ2n) is 3.33. The summed E-state index contributed by atoms with van der Waals surface area (Å²) in [6.07, 6.45) is 0. The molecule has 0 aromatic heterocycles. The number of carboxylic acids is 1. The van der Waals surface area contributed by atoms with E-state index < -0.39 is 12.0 Å². The molecular formula is C10H10FNO2S. The van der Waals surface area contributed by atoms with E-state index in [4.69, 9.17) is 5.11 Å². The number of hydrogen-bond donors (Lipinski definition) is 2. The van der Waals surface area contributed by atoms with Crippen LogP contribution in [0.3, 0.4) is 0 Å². The van der Waals surface area contributed by atoms with E-state index >= 15 is 0 Å². The van der Waals surface area contributed by atoms with E-state index in [1.54, 1.807) is 12.1 Å². The molecule has 0 saturated carbocycles. The summed E-state index contributed by atoms with van der Waals surface area (Å²) in [5.74, 6) is -0.647. The SMILES string of the molecule is O=C(O)[C@H]1CS[C@@H](c2cccc(F)c2)N1. The van der Waals surface area contributed by atoms with Crippen molar-refractivity contribution in [3.63, 3.8) is 0 Å². The third-order valence-electron chi connectivity index (χ3n) is 2.23. The van der Waals surface area contributed by atoms with Crippen molar-refractivity contribution in [1.29, 1.82) is 0 Å². The second kappa shape index (κ2) is 4.20. The lowest BCUT2D eigenvalue weighted by Gasteiger charge is -2.10. The van der Waals surface area contributed by atoms with Crippen LogP contribution in [0.5, 0.6) is 0 Å². The van der Waals surface area contributed by atoms with Crippen LogP contribution in [0.25, 0.3) is 0 Å². The van der Waals surface area contributed by atoms with E-state index in [-0.39, 0.29) is 11.2 Å². The molecule has 1 aromatic carbocycles. The van der Waals surface area contributed by atoms with Crippen molar-refractivity contribution >= 4 is 17.7 Å². The highest BCUT2D eigenvalue weighted by Gasteiger charge is 2.30. The first-order valence-corrected chi connectivity index (χ1v) is 5.57. The van der Waals surface area contributed by atoms with E-state index in [9.17, 15) is 9.18 Å². The minimum atomic E-state index is -0.860. The van der Waals surface area contributed by atoms with Gasteiger partial charge in [-0.15, -0.1) is 11.8 Å². The van der Waals surface area contributed by atoms with Gasteiger partial charge in [0.25, 0.3) is 0 Å². The molecule has 5 heteroatoms. The predicted octanol–water partition coefficient (Wildman–Crippen LogP) is 1.61. The van der Waals surface area contributed by atoms with Gasteiger partial charge in [-0.05, 0) is 17.7 Å². The minimum Gasteiger partial charge on any atom is -0.480 e. The zero-order chi connectivity index (χ0) is 10.8. The lowest BCUT2D eigenvalue weighted by atomic mass is 10.2. The molecule has 1 fully saturated rings. The van der Waals surface area contributed by atoms with Crippen LogP contribution in [0.4, 0.5) is 4.39 Å². The van der Waals surface area contributed by atoms with Crippen molar-refractivity contribution < 1.29 is 14.3 Å². The van der Waals surface area contributed by atoms with Crippen molar-refractivity contribution in [3.8, 4) is 0 Å². The number of hydrogen-bond acceptors (Lipinski definition) is 3. The molecule has 2 atom stereocenters. The molecule has 0 unspecified atom stereocenters. The first-order chi connectivity index (χ1) is 7.16. The molecule has 3 nitrogen and oxygen atoms in total. The molecule has 0 aliphatic carbocycles. The Bertz CT molecular complexity index is 385.